The van der Waals surface area contributed by atoms with Crippen molar-refractivity contribution in [3.05, 3.63) is 35.4 Å². The number of hydrogen-bond donors (Lipinski definition) is 2. The smallest absolute Gasteiger partial charge is 0.312 e. The Labute approximate surface area is 121 Å². The molecule has 6 nitrogen and oxygen atoms in total. The zero-order chi connectivity index (χ0) is 15.0. The molecule has 0 radical (unpaired) electrons. The van der Waals surface area contributed by atoms with Crippen molar-refractivity contribution < 1.29 is 19.5 Å². The Morgan fingerprint density at radius 3 is 2.71 bits per heavy atom. The number of nitrogens with one attached hydrogen (secondary N) is 1. The number of carboxylic acid groups (broad SMARTS) is 1. The van der Waals surface area contributed by atoms with Crippen LogP contribution in [0.15, 0.2) is 24.3 Å². The van der Waals surface area contributed by atoms with Crippen molar-refractivity contribution in [2.75, 3.05) is 13.1 Å². The molecule has 2 atom stereocenters. The number of aliphatic carboxylic acids is 1. The highest BCUT2D eigenvalue weighted by atomic mass is 16.4. The quantitative estimate of drug-likeness (QED) is 0.821. The molecule has 0 bridgehead atoms. The molecule has 1 aromatic rings. The third kappa shape index (κ3) is 2.49. The molecule has 0 saturated carbocycles. The first-order valence-corrected chi connectivity index (χ1v) is 6.92. The van der Waals surface area contributed by atoms with E-state index in [0.717, 1.165) is 11.1 Å². The summed E-state index contributed by atoms with van der Waals surface area (Å²) in [6.07, 6.45) is 0.189. The molecule has 0 aromatic heterocycles. The van der Waals surface area contributed by atoms with Gasteiger partial charge in [-0.25, -0.2) is 0 Å². The van der Waals surface area contributed by atoms with E-state index in [1.54, 1.807) is 11.0 Å². The van der Waals surface area contributed by atoms with E-state index in [2.05, 4.69) is 5.32 Å². The maximum Gasteiger partial charge on any atom is 0.312 e. The number of amides is 2. The maximum absolute atomic E-state index is 12.5. The standard InChI is InChI=1S/C15H16N2O4/c18-13-5-10(6-16-13)14(19)17-7-9-3-1-2-4-11(9)12(8-17)15(20)21/h1-4,10,12H,5-8H2,(H,16,18)(H,20,21). The fraction of sp³-hybridized carbons (Fsp3) is 0.400. The molecular weight excluding hydrogens is 272 g/mol. The molecule has 21 heavy (non-hydrogen) atoms. The van der Waals surface area contributed by atoms with Gasteiger partial charge in [0, 0.05) is 26.1 Å². The number of benzene rings is 1. The molecule has 0 aliphatic carbocycles. The molecule has 2 aliphatic rings. The van der Waals surface area contributed by atoms with Crippen LogP contribution in [0.4, 0.5) is 0 Å². The lowest BCUT2D eigenvalue weighted by Gasteiger charge is -2.34. The second-order valence-electron chi connectivity index (χ2n) is 5.51. The first kappa shape index (κ1) is 13.6. The average Bonchev–Trinajstić information content (AvgIpc) is 2.91. The van der Waals surface area contributed by atoms with E-state index in [9.17, 15) is 19.5 Å². The van der Waals surface area contributed by atoms with Crippen LogP contribution < -0.4 is 5.32 Å². The summed E-state index contributed by atoms with van der Waals surface area (Å²) in [6.45, 7) is 0.910. The molecule has 2 heterocycles. The van der Waals surface area contributed by atoms with Crippen LogP contribution in [0.25, 0.3) is 0 Å². The average molecular weight is 288 g/mol. The molecular formula is C15H16N2O4. The largest absolute Gasteiger partial charge is 0.481 e. The van der Waals surface area contributed by atoms with Crippen molar-refractivity contribution in [3.63, 3.8) is 0 Å². The van der Waals surface area contributed by atoms with Gasteiger partial charge in [0.25, 0.3) is 0 Å². The van der Waals surface area contributed by atoms with Gasteiger partial charge in [0.1, 0.15) is 0 Å². The van der Waals surface area contributed by atoms with E-state index >= 15 is 0 Å². The summed E-state index contributed by atoms with van der Waals surface area (Å²) in [6, 6.07) is 7.30. The molecule has 1 saturated heterocycles. The molecule has 6 heteroatoms. The summed E-state index contributed by atoms with van der Waals surface area (Å²) < 4.78 is 0. The van der Waals surface area contributed by atoms with Gasteiger partial charge in [-0.2, -0.15) is 0 Å². The fourth-order valence-corrected chi connectivity index (χ4v) is 3.02. The lowest BCUT2D eigenvalue weighted by Crippen LogP contribution is -2.43. The Morgan fingerprint density at radius 2 is 2.05 bits per heavy atom. The first-order valence-electron chi connectivity index (χ1n) is 6.92. The van der Waals surface area contributed by atoms with E-state index in [4.69, 9.17) is 0 Å². The van der Waals surface area contributed by atoms with Gasteiger partial charge < -0.3 is 15.3 Å². The topological polar surface area (TPSA) is 86.7 Å². The third-order valence-corrected chi connectivity index (χ3v) is 4.13. The second-order valence-corrected chi connectivity index (χ2v) is 5.51. The lowest BCUT2D eigenvalue weighted by atomic mass is 9.89. The zero-order valence-corrected chi connectivity index (χ0v) is 11.4. The summed E-state index contributed by atoms with van der Waals surface area (Å²) in [7, 11) is 0. The number of rotatable bonds is 2. The molecule has 2 amide bonds. The Hall–Kier alpha value is -2.37. The van der Waals surface area contributed by atoms with E-state index in [1.165, 1.54) is 0 Å². The number of carboxylic acids is 1. The molecule has 2 aliphatic heterocycles. The van der Waals surface area contributed by atoms with E-state index in [1.807, 2.05) is 18.2 Å². The van der Waals surface area contributed by atoms with Crippen molar-refractivity contribution in [3.8, 4) is 0 Å². The van der Waals surface area contributed by atoms with E-state index < -0.39 is 11.9 Å². The van der Waals surface area contributed by atoms with Gasteiger partial charge in [-0.05, 0) is 11.1 Å². The Morgan fingerprint density at radius 1 is 1.29 bits per heavy atom. The molecule has 1 aromatic carbocycles. The number of carbonyl (C=O) groups is 3. The van der Waals surface area contributed by atoms with Crippen molar-refractivity contribution in [2.24, 2.45) is 5.92 Å². The predicted octanol–water partition coefficient (Wildman–Crippen LogP) is 0.333. The molecule has 2 unspecified atom stereocenters. The Kier molecular flexibility index (Phi) is 3.37. The third-order valence-electron chi connectivity index (χ3n) is 4.13. The normalized spacial score (nSPS) is 24.4. The van der Waals surface area contributed by atoms with Crippen LogP contribution in [0.1, 0.15) is 23.5 Å². The summed E-state index contributed by atoms with van der Waals surface area (Å²) >= 11 is 0. The van der Waals surface area contributed by atoms with Crippen LogP contribution in [0.3, 0.4) is 0 Å². The highest BCUT2D eigenvalue weighted by molar-refractivity contribution is 5.90. The lowest BCUT2D eigenvalue weighted by molar-refractivity contribution is -0.142. The van der Waals surface area contributed by atoms with Crippen LogP contribution in [0, 0.1) is 5.92 Å². The molecule has 0 spiro atoms. The van der Waals surface area contributed by atoms with E-state index in [-0.39, 0.29) is 30.7 Å². The first-order chi connectivity index (χ1) is 10.1. The van der Waals surface area contributed by atoms with Gasteiger partial charge >= 0.3 is 5.97 Å². The monoisotopic (exact) mass is 288 g/mol. The Balaban J connectivity index is 1.84. The highest BCUT2D eigenvalue weighted by Gasteiger charge is 2.37. The van der Waals surface area contributed by atoms with E-state index in [0.29, 0.717) is 13.1 Å². The van der Waals surface area contributed by atoms with Crippen LogP contribution in [-0.2, 0) is 20.9 Å². The van der Waals surface area contributed by atoms with Crippen LogP contribution in [0.5, 0.6) is 0 Å². The zero-order valence-electron chi connectivity index (χ0n) is 11.4. The molecule has 3 rings (SSSR count). The van der Waals surface area contributed by atoms with Crippen molar-refractivity contribution in [1.29, 1.82) is 0 Å². The van der Waals surface area contributed by atoms with Crippen LogP contribution in [0.2, 0.25) is 0 Å². The highest BCUT2D eigenvalue weighted by Crippen LogP contribution is 2.30. The van der Waals surface area contributed by atoms with Gasteiger partial charge in [0.2, 0.25) is 11.8 Å². The van der Waals surface area contributed by atoms with Gasteiger partial charge in [-0.3, -0.25) is 14.4 Å². The second kappa shape index (κ2) is 5.20. The molecule has 1 fully saturated rings. The summed E-state index contributed by atoms with van der Waals surface area (Å²) in [5, 5.41) is 12.0. The number of carbonyl (C=O) groups excluding carboxylic acids is 2. The van der Waals surface area contributed by atoms with Gasteiger partial charge in [-0.1, -0.05) is 24.3 Å². The van der Waals surface area contributed by atoms with Crippen LogP contribution >= 0.6 is 0 Å². The van der Waals surface area contributed by atoms with Gasteiger partial charge in [0.15, 0.2) is 0 Å². The Bertz CT molecular complexity index is 613. The fourth-order valence-electron chi connectivity index (χ4n) is 3.02. The number of hydrogen-bond acceptors (Lipinski definition) is 3. The molecule has 2 N–H and O–H groups in total. The number of fused-ring (bicyclic) bond motifs is 1. The van der Waals surface area contributed by atoms with Crippen molar-refractivity contribution in [2.45, 2.75) is 18.9 Å². The minimum atomic E-state index is -0.930. The summed E-state index contributed by atoms with van der Waals surface area (Å²) in [5.74, 6) is -2.28. The predicted molar refractivity (Wildman–Crippen MR) is 73.4 cm³/mol. The van der Waals surface area contributed by atoms with Gasteiger partial charge in [0.05, 0.1) is 11.8 Å². The maximum atomic E-state index is 12.5. The van der Waals surface area contributed by atoms with Crippen LogP contribution in [-0.4, -0.2) is 40.9 Å². The SMILES string of the molecule is O=C1CC(C(=O)N2Cc3ccccc3C(C(=O)O)C2)CN1. The number of nitrogens with zero attached hydrogens (tertiary/aromatic N) is 1. The van der Waals surface area contributed by atoms with Crippen molar-refractivity contribution >= 4 is 17.8 Å². The minimum absolute atomic E-state index is 0.124. The van der Waals surface area contributed by atoms with Crippen molar-refractivity contribution in [1.82, 2.24) is 10.2 Å². The summed E-state index contributed by atoms with van der Waals surface area (Å²) in [5.41, 5.74) is 1.64. The minimum Gasteiger partial charge on any atom is -0.481 e. The molecule has 110 valence electrons. The summed E-state index contributed by atoms with van der Waals surface area (Å²) in [4.78, 5) is 36.7. The van der Waals surface area contributed by atoms with Gasteiger partial charge in [-0.15, -0.1) is 0 Å².